The first kappa shape index (κ1) is 24.3. The fourth-order valence-corrected chi connectivity index (χ4v) is 15.4. The zero-order valence-corrected chi connectivity index (χ0v) is 22.9. The van der Waals surface area contributed by atoms with E-state index in [-0.39, 0.29) is 0 Å². The van der Waals surface area contributed by atoms with Crippen molar-refractivity contribution in [3.63, 3.8) is 0 Å². The van der Waals surface area contributed by atoms with Crippen molar-refractivity contribution >= 4 is 41.1 Å². The molecule has 0 saturated heterocycles. The molecule has 0 spiro atoms. The topological polar surface area (TPSA) is 0 Å². The monoisotopic (exact) mass is 460 g/mol. The minimum absolute atomic E-state index is 0.939. The van der Waals surface area contributed by atoms with Gasteiger partial charge in [0.25, 0.3) is 0 Å². The predicted octanol–water partition coefficient (Wildman–Crippen LogP) is 8.94. The van der Waals surface area contributed by atoms with E-state index in [4.69, 9.17) is 0 Å². The van der Waals surface area contributed by atoms with Gasteiger partial charge in [0.1, 0.15) is 8.07 Å². The van der Waals surface area contributed by atoms with Gasteiger partial charge in [0.2, 0.25) is 0 Å². The molecule has 0 amide bonds. The lowest BCUT2D eigenvalue weighted by molar-refractivity contribution is 0.440. The Hall–Kier alpha value is -0.383. The fourth-order valence-electron chi connectivity index (χ4n) is 5.68. The van der Waals surface area contributed by atoms with Crippen molar-refractivity contribution in [1.82, 2.24) is 0 Å². The van der Waals surface area contributed by atoms with Gasteiger partial charge >= 0.3 is 0 Å². The third-order valence-corrected chi connectivity index (χ3v) is 15.2. The van der Waals surface area contributed by atoms with Gasteiger partial charge in [0.15, 0.2) is 0 Å². The second-order valence-electron chi connectivity index (χ2n) is 9.80. The van der Waals surface area contributed by atoms with Gasteiger partial charge < -0.3 is 0 Å². The van der Waals surface area contributed by atoms with E-state index >= 15 is 0 Å². The summed E-state index contributed by atoms with van der Waals surface area (Å²) < 4.78 is 0. The molecular formula is C27H44S2Si. The van der Waals surface area contributed by atoms with E-state index < -0.39 is 8.07 Å². The van der Waals surface area contributed by atoms with Crippen molar-refractivity contribution in [2.24, 2.45) is 5.92 Å². The molecule has 168 valence electrons. The van der Waals surface area contributed by atoms with Crippen LogP contribution in [0.5, 0.6) is 0 Å². The predicted molar refractivity (Wildman–Crippen MR) is 143 cm³/mol. The zero-order valence-electron chi connectivity index (χ0n) is 20.2. The van der Waals surface area contributed by atoms with Gasteiger partial charge in [-0.1, -0.05) is 91.4 Å². The Labute approximate surface area is 195 Å². The zero-order chi connectivity index (χ0) is 21.6. The van der Waals surface area contributed by atoms with Crippen molar-refractivity contribution in [2.45, 2.75) is 117 Å². The maximum absolute atomic E-state index is 2.63. The molecule has 0 nitrogen and oxygen atoms in total. The maximum atomic E-state index is 2.63. The summed E-state index contributed by atoms with van der Waals surface area (Å²) in [6.07, 6.45) is 15.5. The van der Waals surface area contributed by atoms with Crippen LogP contribution >= 0.6 is 22.7 Å². The minimum atomic E-state index is -1.63. The lowest BCUT2D eigenvalue weighted by Gasteiger charge is -2.33. The van der Waals surface area contributed by atoms with Gasteiger partial charge in [-0.25, -0.2) is 0 Å². The normalized spacial score (nSPS) is 15.4. The molecule has 0 radical (unpaired) electrons. The van der Waals surface area contributed by atoms with E-state index in [0.29, 0.717) is 0 Å². The van der Waals surface area contributed by atoms with E-state index in [1.807, 2.05) is 10.4 Å². The maximum Gasteiger partial charge on any atom is 0.122 e. The van der Waals surface area contributed by atoms with Crippen LogP contribution in [0.1, 0.15) is 101 Å². The smallest absolute Gasteiger partial charge is 0.122 e. The van der Waals surface area contributed by atoms with Crippen LogP contribution in [0.25, 0.3) is 9.75 Å². The van der Waals surface area contributed by atoms with Crippen molar-refractivity contribution in [3.8, 4) is 9.75 Å². The van der Waals surface area contributed by atoms with Crippen LogP contribution in [-0.2, 0) is 0 Å². The molecule has 3 heteroatoms. The summed E-state index contributed by atoms with van der Waals surface area (Å²) in [5.74, 6) is 0.939. The molecule has 0 saturated carbocycles. The van der Waals surface area contributed by atoms with Crippen LogP contribution in [0.2, 0.25) is 12.1 Å². The minimum Gasteiger partial charge on any atom is -0.140 e. The number of fused-ring (bicyclic) bond motifs is 3. The molecule has 2 aromatic heterocycles. The summed E-state index contributed by atoms with van der Waals surface area (Å²) in [6.45, 7) is 11.8. The summed E-state index contributed by atoms with van der Waals surface area (Å²) in [6, 6.07) is 8.28. The number of thiophene rings is 2. The Morgan fingerprint density at radius 3 is 1.80 bits per heavy atom. The summed E-state index contributed by atoms with van der Waals surface area (Å²) in [4.78, 5) is 6.45. The van der Waals surface area contributed by atoms with Crippen LogP contribution in [0.3, 0.4) is 0 Å². The molecule has 0 aliphatic carbocycles. The van der Waals surface area contributed by atoms with E-state index in [1.54, 1.807) is 9.75 Å². The third-order valence-electron chi connectivity index (χ3n) is 7.22. The molecule has 0 N–H and O–H groups in total. The summed E-state index contributed by atoms with van der Waals surface area (Å²) in [5, 5.41) is 3.69. The Morgan fingerprint density at radius 2 is 1.23 bits per heavy atom. The lowest BCUT2D eigenvalue weighted by atomic mass is 9.97. The van der Waals surface area contributed by atoms with E-state index in [1.165, 1.54) is 92.5 Å². The first-order valence-electron chi connectivity index (χ1n) is 12.8. The molecule has 0 bridgehead atoms. The average Bonchev–Trinajstić information content (AvgIpc) is 3.35. The van der Waals surface area contributed by atoms with Gasteiger partial charge in [0.05, 0.1) is 0 Å². The van der Waals surface area contributed by atoms with Gasteiger partial charge in [0, 0.05) is 19.5 Å². The quantitative estimate of drug-likeness (QED) is 0.195. The third kappa shape index (κ3) is 5.32. The van der Waals surface area contributed by atoms with Gasteiger partial charge in [-0.05, 0) is 54.4 Å². The highest BCUT2D eigenvalue weighted by molar-refractivity contribution is 7.29. The highest BCUT2D eigenvalue weighted by atomic mass is 32.1. The summed E-state index contributed by atoms with van der Waals surface area (Å²) >= 11 is 4.18. The van der Waals surface area contributed by atoms with Gasteiger partial charge in [-0.15, -0.1) is 22.7 Å². The Morgan fingerprint density at radius 1 is 0.700 bits per heavy atom. The molecule has 0 fully saturated rings. The van der Waals surface area contributed by atoms with E-state index in [9.17, 15) is 0 Å². The Bertz CT molecular complexity index is 739. The van der Waals surface area contributed by atoms with E-state index in [0.717, 1.165) is 5.92 Å². The standard InChI is InChI=1S/C27H44S2Si/c1-6-9-12-13-16-23(15-11-8-3)20-30(17-14-10-7-2)24-18-21(4)28-26(24)27-25(30)19-22(5)29-27/h18-19,23H,6-17,20H2,1-5H3. The highest BCUT2D eigenvalue weighted by Crippen LogP contribution is 2.44. The Kier molecular flexibility index (Phi) is 9.28. The van der Waals surface area contributed by atoms with Gasteiger partial charge in [-0.3, -0.25) is 0 Å². The summed E-state index contributed by atoms with van der Waals surface area (Å²) in [7, 11) is -1.63. The largest absolute Gasteiger partial charge is 0.140 e. The van der Waals surface area contributed by atoms with Crippen LogP contribution in [0.4, 0.5) is 0 Å². The second-order valence-corrected chi connectivity index (χ2v) is 16.5. The number of aryl methyl sites for hydroxylation is 2. The molecule has 2 aromatic rings. The van der Waals surface area contributed by atoms with Crippen LogP contribution in [-0.4, -0.2) is 8.07 Å². The van der Waals surface area contributed by atoms with Crippen LogP contribution < -0.4 is 10.4 Å². The summed E-state index contributed by atoms with van der Waals surface area (Å²) in [5.41, 5.74) is 0. The molecule has 1 aliphatic heterocycles. The SMILES string of the molecule is CCCCCCC(CCCC)C[Si]1(CCCCC)c2cc(C)sc2-c2sc(C)cc21. The van der Waals surface area contributed by atoms with Crippen molar-refractivity contribution in [1.29, 1.82) is 0 Å². The number of unbranched alkanes of at least 4 members (excludes halogenated alkanes) is 6. The molecule has 3 heterocycles. The number of hydrogen-bond acceptors (Lipinski definition) is 2. The van der Waals surface area contributed by atoms with Crippen LogP contribution in [0, 0.1) is 19.8 Å². The van der Waals surface area contributed by atoms with Gasteiger partial charge in [-0.2, -0.15) is 0 Å². The van der Waals surface area contributed by atoms with Crippen molar-refractivity contribution < 1.29 is 0 Å². The molecule has 0 aromatic carbocycles. The number of hydrogen-bond donors (Lipinski definition) is 0. The Balaban J connectivity index is 1.94. The molecular weight excluding hydrogens is 417 g/mol. The molecule has 30 heavy (non-hydrogen) atoms. The molecule has 3 rings (SSSR count). The first-order chi connectivity index (χ1) is 14.6. The van der Waals surface area contributed by atoms with Crippen LogP contribution in [0.15, 0.2) is 12.1 Å². The molecule has 1 unspecified atom stereocenters. The second kappa shape index (κ2) is 11.5. The lowest BCUT2D eigenvalue weighted by Crippen LogP contribution is -2.55. The molecule has 1 atom stereocenters. The van der Waals surface area contributed by atoms with E-state index in [2.05, 4.69) is 69.4 Å². The average molecular weight is 461 g/mol. The fraction of sp³-hybridized carbons (Fsp3) is 0.704. The van der Waals surface area contributed by atoms with Crippen molar-refractivity contribution in [2.75, 3.05) is 0 Å². The molecule has 1 aliphatic rings. The number of rotatable bonds is 14. The first-order valence-corrected chi connectivity index (χ1v) is 16.8. The van der Waals surface area contributed by atoms with Crippen molar-refractivity contribution in [3.05, 3.63) is 21.9 Å². The highest BCUT2D eigenvalue weighted by Gasteiger charge is 2.48.